The quantitative estimate of drug-likeness (QED) is 0.194. The molecule has 0 bridgehead atoms. The Bertz CT molecular complexity index is 1800. The van der Waals surface area contributed by atoms with Crippen LogP contribution in [0.25, 0.3) is 22.8 Å². The monoisotopic (exact) mass is 599 g/mol. The molecule has 42 heavy (non-hydrogen) atoms. The number of carbonyl (C=O) groups excluding carboxylic acids is 2. The number of nitrogens with zero attached hydrogens (tertiary/aromatic N) is 3. The topological polar surface area (TPSA) is 98.1 Å². The smallest absolute Gasteiger partial charge is 0.251 e. The van der Waals surface area contributed by atoms with E-state index in [-0.39, 0.29) is 25.0 Å². The lowest BCUT2D eigenvalue weighted by Crippen LogP contribution is -2.21. The van der Waals surface area contributed by atoms with Crippen molar-refractivity contribution in [3.05, 3.63) is 123 Å². The van der Waals surface area contributed by atoms with Crippen LogP contribution in [0.2, 0.25) is 10.0 Å². The third kappa shape index (κ3) is 6.46. The summed E-state index contributed by atoms with van der Waals surface area (Å²) in [6.07, 6.45) is 6.72. The van der Waals surface area contributed by atoms with Gasteiger partial charge >= 0.3 is 0 Å². The second kappa shape index (κ2) is 12.9. The van der Waals surface area contributed by atoms with E-state index in [0.717, 1.165) is 22.5 Å². The number of hydrogen-bond acceptors (Lipinski definition) is 5. The Morgan fingerprint density at radius 1 is 1.02 bits per heavy atom. The van der Waals surface area contributed by atoms with E-state index in [9.17, 15) is 9.59 Å². The number of aromatic nitrogens is 3. The Labute approximate surface area is 253 Å². The molecule has 8 nitrogen and oxygen atoms in total. The first-order chi connectivity index (χ1) is 20.3. The maximum atomic E-state index is 12.5. The van der Waals surface area contributed by atoms with E-state index in [1.807, 2.05) is 54.1 Å². The molecule has 0 aliphatic rings. The van der Waals surface area contributed by atoms with Gasteiger partial charge in [0.1, 0.15) is 17.9 Å². The molecule has 2 N–H and O–H groups in total. The van der Waals surface area contributed by atoms with Crippen molar-refractivity contribution in [3.63, 3.8) is 0 Å². The number of fused-ring (bicyclic) bond motifs is 1. The van der Waals surface area contributed by atoms with Gasteiger partial charge in [-0.05, 0) is 67.1 Å². The van der Waals surface area contributed by atoms with E-state index in [2.05, 4.69) is 20.6 Å². The molecule has 5 rings (SSSR count). The van der Waals surface area contributed by atoms with Crippen LogP contribution in [-0.4, -0.2) is 33.4 Å². The van der Waals surface area contributed by atoms with Gasteiger partial charge in [0.2, 0.25) is 5.91 Å². The van der Waals surface area contributed by atoms with Gasteiger partial charge in [0.15, 0.2) is 0 Å². The van der Waals surface area contributed by atoms with Crippen molar-refractivity contribution in [1.29, 1.82) is 0 Å². The Morgan fingerprint density at radius 3 is 2.62 bits per heavy atom. The molecular formula is C32H27Cl2N5O3. The lowest BCUT2D eigenvalue weighted by atomic mass is 10.1. The maximum Gasteiger partial charge on any atom is 0.251 e. The number of ether oxygens (including phenoxy) is 1. The summed E-state index contributed by atoms with van der Waals surface area (Å²) in [5.41, 5.74) is 5.69. The van der Waals surface area contributed by atoms with Gasteiger partial charge in [-0.15, -0.1) is 0 Å². The maximum absolute atomic E-state index is 12.5. The molecule has 0 aliphatic carbocycles. The highest BCUT2D eigenvalue weighted by atomic mass is 35.5. The van der Waals surface area contributed by atoms with Gasteiger partial charge < -0.3 is 19.9 Å². The van der Waals surface area contributed by atoms with Crippen LogP contribution in [0.15, 0.2) is 85.2 Å². The van der Waals surface area contributed by atoms with Crippen LogP contribution in [0.3, 0.4) is 0 Å². The Morgan fingerprint density at radius 2 is 1.83 bits per heavy atom. The van der Waals surface area contributed by atoms with E-state index < -0.39 is 0 Å². The number of halogens is 2. The van der Waals surface area contributed by atoms with E-state index in [1.54, 1.807) is 49.7 Å². The molecule has 2 aromatic heterocycles. The molecule has 5 aromatic rings. The van der Waals surface area contributed by atoms with Crippen molar-refractivity contribution < 1.29 is 14.3 Å². The first kappa shape index (κ1) is 28.9. The Kier molecular flexibility index (Phi) is 8.85. The van der Waals surface area contributed by atoms with Crippen LogP contribution in [0.4, 0.5) is 0 Å². The first-order valence-electron chi connectivity index (χ1n) is 13.1. The minimum atomic E-state index is -0.261. The van der Waals surface area contributed by atoms with Crippen LogP contribution in [0, 0.1) is 6.92 Å². The van der Waals surface area contributed by atoms with E-state index >= 15 is 0 Å². The highest BCUT2D eigenvalue weighted by Gasteiger charge is 2.16. The summed E-state index contributed by atoms with van der Waals surface area (Å²) in [5, 5.41) is 6.39. The van der Waals surface area contributed by atoms with Gasteiger partial charge in [-0.3, -0.25) is 14.6 Å². The predicted octanol–water partition coefficient (Wildman–Crippen LogP) is 6.30. The standard InChI is InChI=1S/C32H27Cl2N5O3/c1-20-17-36-26-6-3-7-28(31(26)38-20)42-19-24-25(33)13-14-27(30(24)34)39-16-4-5-23(39)18-37-29(40)15-10-21-8-11-22(12-9-21)32(41)35-2/h3-17H,18-19H2,1-2H3,(H,35,41)(H,37,40). The second-order valence-electron chi connectivity index (χ2n) is 9.40. The second-order valence-corrected chi connectivity index (χ2v) is 10.2. The lowest BCUT2D eigenvalue weighted by Gasteiger charge is -2.16. The molecule has 0 unspecified atom stereocenters. The molecule has 2 heterocycles. The van der Waals surface area contributed by atoms with Crippen molar-refractivity contribution in [3.8, 4) is 11.4 Å². The van der Waals surface area contributed by atoms with Crippen molar-refractivity contribution in [2.45, 2.75) is 20.1 Å². The van der Waals surface area contributed by atoms with Crippen LogP contribution >= 0.6 is 23.2 Å². The molecule has 0 spiro atoms. The van der Waals surface area contributed by atoms with Crippen molar-refractivity contribution in [1.82, 2.24) is 25.2 Å². The number of para-hydroxylation sites is 1. The van der Waals surface area contributed by atoms with Crippen LogP contribution in [0.5, 0.6) is 5.75 Å². The predicted molar refractivity (Wildman–Crippen MR) is 165 cm³/mol. The first-order valence-corrected chi connectivity index (χ1v) is 13.9. The van der Waals surface area contributed by atoms with E-state index in [1.165, 1.54) is 6.08 Å². The minimum Gasteiger partial charge on any atom is -0.486 e. The molecule has 0 radical (unpaired) electrons. The van der Waals surface area contributed by atoms with Crippen molar-refractivity contribution >= 4 is 52.1 Å². The SMILES string of the molecule is CNC(=O)c1ccc(C=CC(=O)NCc2cccn2-c2ccc(Cl)c(COc3cccc4ncc(C)nc34)c2Cl)cc1. The fourth-order valence-electron chi connectivity index (χ4n) is 4.36. The normalized spacial score (nSPS) is 11.1. The molecule has 2 amide bonds. The highest BCUT2D eigenvalue weighted by molar-refractivity contribution is 6.37. The summed E-state index contributed by atoms with van der Waals surface area (Å²) in [7, 11) is 1.58. The molecule has 10 heteroatoms. The zero-order valence-corrected chi connectivity index (χ0v) is 24.4. The van der Waals surface area contributed by atoms with E-state index in [4.69, 9.17) is 27.9 Å². The van der Waals surface area contributed by atoms with Gasteiger partial charge in [0.25, 0.3) is 5.91 Å². The fraction of sp³-hybridized carbons (Fsp3) is 0.125. The molecule has 0 aliphatic heterocycles. The minimum absolute atomic E-state index is 0.127. The van der Waals surface area contributed by atoms with Gasteiger partial charge in [0, 0.05) is 47.4 Å². The van der Waals surface area contributed by atoms with Gasteiger partial charge in [0.05, 0.1) is 28.5 Å². The molecule has 0 saturated carbocycles. The zero-order valence-electron chi connectivity index (χ0n) is 22.9. The van der Waals surface area contributed by atoms with Gasteiger partial charge in [-0.25, -0.2) is 4.98 Å². The number of nitrogens with one attached hydrogen (secondary N) is 2. The zero-order chi connectivity index (χ0) is 29.6. The third-order valence-corrected chi connectivity index (χ3v) is 7.33. The summed E-state index contributed by atoms with van der Waals surface area (Å²) in [4.78, 5) is 33.2. The van der Waals surface area contributed by atoms with Crippen LogP contribution in [-0.2, 0) is 17.9 Å². The highest BCUT2D eigenvalue weighted by Crippen LogP contribution is 2.33. The average molecular weight is 601 g/mol. The van der Waals surface area contributed by atoms with Crippen molar-refractivity contribution in [2.75, 3.05) is 7.05 Å². The van der Waals surface area contributed by atoms with Gasteiger partial charge in [-0.2, -0.15) is 0 Å². The summed E-state index contributed by atoms with van der Waals surface area (Å²) in [6.45, 7) is 2.27. The average Bonchev–Trinajstić information content (AvgIpc) is 3.47. The fourth-order valence-corrected chi connectivity index (χ4v) is 4.93. The van der Waals surface area contributed by atoms with Crippen LogP contribution < -0.4 is 15.4 Å². The number of amides is 2. The Hall–Kier alpha value is -4.66. The number of rotatable bonds is 9. The molecule has 0 atom stereocenters. The van der Waals surface area contributed by atoms with Gasteiger partial charge in [-0.1, -0.05) is 41.4 Å². The summed E-state index contributed by atoms with van der Waals surface area (Å²) in [5.74, 6) is 0.158. The molecule has 212 valence electrons. The summed E-state index contributed by atoms with van der Waals surface area (Å²) in [6, 6.07) is 19.9. The largest absolute Gasteiger partial charge is 0.486 e. The number of hydrogen-bond donors (Lipinski definition) is 2. The summed E-state index contributed by atoms with van der Waals surface area (Å²) >= 11 is 13.4. The van der Waals surface area contributed by atoms with E-state index in [0.29, 0.717) is 38.1 Å². The third-order valence-electron chi connectivity index (χ3n) is 6.56. The lowest BCUT2D eigenvalue weighted by molar-refractivity contribution is -0.116. The number of aryl methyl sites for hydroxylation is 1. The number of carbonyl (C=O) groups is 2. The molecule has 0 fully saturated rings. The van der Waals surface area contributed by atoms with Crippen LogP contribution in [0.1, 0.15) is 32.9 Å². The molecular weight excluding hydrogens is 573 g/mol. The van der Waals surface area contributed by atoms with Crippen molar-refractivity contribution in [2.24, 2.45) is 0 Å². The molecule has 3 aromatic carbocycles. The summed E-state index contributed by atoms with van der Waals surface area (Å²) < 4.78 is 8.02. The molecule has 0 saturated heterocycles. The Balaban J connectivity index is 1.28. The number of benzene rings is 3.